The van der Waals surface area contributed by atoms with Crippen LogP contribution in [0.25, 0.3) is 11.6 Å². The number of pyridine rings is 1. The summed E-state index contributed by atoms with van der Waals surface area (Å²) >= 11 is 0. The van der Waals surface area contributed by atoms with Crippen molar-refractivity contribution in [3.8, 4) is 11.6 Å². The van der Waals surface area contributed by atoms with Crippen LogP contribution in [-0.2, 0) is 19.5 Å². The summed E-state index contributed by atoms with van der Waals surface area (Å²) in [5, 5.41) is 0. The minimum absolute atomic E-state index is 0.669. The molecule has 0 radical (unpaired) electrons. The van der Waals surface area contributed by atoms with Gasteiger partial charge in [-0.05, 0) is 31.2 Å². The van der Waals surface area contributed by atoms with Crippen LogP contribution >= 0.6 is 0 Å². The van der Waals surface area contributed by atoms with Gasteiger partial charge in [0.15, 0.2) is 11.6 Å². The van der Waals surface area contributed by atoms with Crippen molar-refractivity contribution in [3.05, 3.63) is 65.4 Å². The monoisotopic (exact) mass is 306 g/mol. The average Bonchev–Trinajstić information content (AvgIpc) is 3.09. The van der Waals surface area contributed by atoms with E-state index in [1.165, 1.54) is 5.56 Å². The maximum absolute atomic E-state index is 5.38. The summed E-state index contributed by atoms with van der Waals surface area (Å²) in [6.07, 6.45) is 4.50. The second-order valence-electron chi connectivity index (χ2n) is 5.87. The molecule has 3 aromatic heterocycles. The quantitative estimate of drug-likeness (QED) is 0.744. The summed E-state index contributed by atoms with van der Waals surface area (Å²) in [4.78, 5) is 16.1. The summed E-state index contributed by atoms with van der Waals surface area (Å²) in [6, 6.07) is 9.92. The highest BCUT2D eigenvalue weighted by Crippen LogP contribution is 2.22. The number of hydrogen-bond acceptors (Lipinski definition) is 5. The molecule has 0 fully saturated rings. The number of fused-ring (bicyclic) bond motifs is 1. The number of aryl methyl sites for hydroxylation is 1. The SMILES string of the molecule is Cc1cccc(CN2CCc3nc(-c4ccco4)ncc3C2)n1. The van der Waals surface area contributed by atoms with E-state index in [0.29, 0.717) is 5.82 Å². The topological polar surface area (TPSA) is 55.1 Å². The van der Waals surface area contributed by atoms with E-state index in [1.807, 2.05) is 31.3 Å². The van der Waals surface area contributed by atoms with Crippen LogP contribution in [-0.4, -0.2) is 26.4 Å². The van der Waals surface area contributed by atoms with Crippen molar-refractivity contribution in [3.63, 3.8) is 0 Å². The van der Waals surface area contributed by atoms with Gasteiger partial charge in [0, 0.05) is 43.5 Å². The van der Waals surface area contributed by atoms with Gasteiger partial charge in [-0.25, -0.2) is 9.97 Å². The zero-order chi connectivity index (χ0) is 15.6. The third-order valence-electron chi connectivity index (χ3n) is 4.09. The second-order valence-corrected chi connectivity index (χ2v) is 5.87. The Morgan fingerprint density at radius 1 is 1.17 bits per heavy atom. The van der Waals surface area contributed by atoms with Crippen LogP contribution in [0.1, 0.15) is 22.6 Å². The molecule has 0 N–H and O–H groups in total. The molecule has 0 atom stereocenters. The van der Waals surface area contributed by atoms with Gasteiger partial charge in [0.25, 0.3) is 0 Å². The largest absolute Gasteiger partial charge is 0.461 e. The predicted octanol–water partition coefficient (Wildman–Crippen LogP) is 3.00. The maximum Gasteiger partial charge on any atom is 0.195 e. The first-order valence-electron chi connectivity index (χ1n) is 7.81. The molecule has 0 saturated heterocycles. The molecule has 0 bridgehead atoms. The zero-order valence-corrected chi connectivity index (χ0v) is 13.1. The number of aromatic nitrogens is 3. The highest BCUT2D eigenvalue weighted by atomic mass is 16.3. The Hall–Kier alpha value is -2.53. The van der Waals surface area contributed by atoms with Crippen LogP contribution in [0.5, 0.6) is 0 Å². The number of nitrogens with zero attached hydrogens (tertiary/aromatic N) is 4. The van der Waals surface area contributed by atoms with Gasteiger partial charge in [0.1, 0.15) is 0 Å². The lowest BCUT2D eigenvalue weighted by molar-refractivity contribution is 0.240. The van der Waals surface area contributed by atoms with E-state index < -0.39 is 0 Å². The van der Waals surface area contributed by atoms with Crippen LogP contribution in [0.4, 0.5) is 0 Å². The fraction of sp³-hybridized carbons (Fsp3) is 0.278. The van der Waals surface area contributed by atoms with E-state index >= 15 is 0 Å². The van der Waals surface area contributed by atoms with E-state index in [1.54, 1.807) is 6.26 Å². The molecule has 0 unspecified atom stereocenters. The summed E-state index contributed by atoms with van der Waals surface area (Å²) in [7, 11) is 0. The van der Waals surface area contributed by atoms with Crippen LogP contribution < -0.4 is 0 Å². The van der Waals surface area contributed by atoms with Gasteiger partial charge in [-0.3, -0.25) is 9.88 Å². The maximum atomic E-state index is 5.38. The molecule has 0 amide bonds. The Labute approximate surface area is 135 Å². The number of furan rings is 1. The Morgan fingerprint density at radius 3 is 2.96 bits per heavy atom. The van der Waals surface area contributed by atoms with Crippen molar-refractivity contribution in [1.82, 2.24) is 19.9 Å². The molecule has 116 valence electrons. The van der Waals surface area contributed by atoms with Gasteiger partial charge in [0.05, 0.1) is 17.7 Å². The summed E-state index contributed by atoms with van der Waals surface area (Å²) in [5.74, 6) is 1.39. The molecule has 0 saturated carbocycles. The molecular formula is C18H18N4O. The van der Waals surface area contributed by atoms with Crippen LogP contribution in [0.3, 0.4) is 0 Å². The van der Waals surface area contributed by atoms with Gasteiger partial charge in [0.2, 0.25) is 0 Å². The second kappa shape index (κ2) is 5.93. The van der Waals surface area contributed by atoms with Gasteiger partial charge in [-0.1, -0.05) is 6.07 Å². The highest BCUT2D eigenvalue weighted by Gasteiger charge is 2.19. The fourth-order valence-corrected chi connectivity index (χ4v) is 2.95. The van der Waals surface area contributed by atoms with Gasteiger partial charge in [-0.15, -0.1) is 0 Å². The van der Waals surface area contributed by atoms with E-state index in [-0.39, 0.29) is 0 Å². The highest BCUT2D eigenvalue weighted by molar-refractivity contribution is 5.46. The first kappa shape index (κ1) is 14.1. The fourth-order valence-electron chi connectivity index (χ4n) is 2.95. The molecule has 0 aromatic carbocycles. The molecule has 1 aliphatic heterocycles. The molecule has 4 heterocycles. The summed E-state index contributed by atoms with van der Waals surface area (Å²) in [6.45, 7) is 4.74. The lowest BCUT2D eigenvalue weighted by Gasteiger charge is -2.27. The first-order chi connectivity index (χ1) is 11.3. The van der Waals surface area contributed by atoms with Gasteiger partial charge in [-0.2, -0.15) is 0 Å². The van der Waals surface area contributed by atoms with Crippen LogP contribution in [0, 0.1) is 6.92 Å². The Morgan fingerprint density at radius 2 is 2.13 bits per heavy atom. The molecule has 4 rings (SSSR count). The Balaban J connectivity index is 1.51. The predicted molar refractivity (Wildman–Crippen MR) is 86.5 cm³/mol. The van der Waals surface area contributed by atoms with E-state index in [9.17, 15) is 0 Å². The third-order valence-corrected chi connectivity index (χ3v) is 4.09. The van der Waals surface area contributed by atoms with E-state index in [0.717, 1.165) is 48.9 Å². The van der Waals surface area contributed by atoms with E-state index in [2.05, 4.69) is 32.0 Å². The van der Waals surface area contributed by atoms with E-state index in [4.69, 9.17) is 4.42 Å². The minimum Gasteiger partial charge on any atom is -0.461 e. The van der Waals surface area contributed by atoms with Crippen molar-refractivity contribution in [2.75, 3.05) is 6.54 Å². The molecule has 3 aromatic rings. The summed E-state index contributed by atoms with van der Waals surface area (Å²) in [5.41, 5.74) is 4.49. The molecule has 0 aliphatic carbocycles. The normalized spacial score (nSPS) is 14.7. The summed E-state index contributed by atoms with van der Waals surface area (Å²) < 4.78 is 5.38. The molecule has 5 heteroatoms. The molecule has 23 heavy (non-hydrogen) atoms. The van der Waals surface area contributed by atoms with Crippen molar-refractivity contribution in [1.29, 1.82) is 0 Å². The molecule has 1 aliphatic rings. The van der Waals surface area contributed by atoms with Gasteiger partial charge >= 0.3 is 0 Å². The lowest BCUT2D eigenvalue weighted by atomic mass is 10.1. The van der Waals surface area contributed by atoms with Crippen LogP contribution in [0.2, 0.25) is 0 Å². The standard InChI is InChI=1S/C18H18N4O/c1-13-4-2-5-15(20-13)12-22-8-7-16-14(11-22)10-19-18(21-16)17-6-3-9-23-17/h2-6,9-10H,7-8,11-12H2,1H3. The molecule has 0 spiro atoms. The smallest absolute Gasteiger partial charge is 0.195 e. The molecular weight excluding hydrogens is 288 g/mol. The molecule has 5 nitrogen and oxygen atoms in total. The van der Waals surface area contributed by atoms with Crippen LogP contribution in [0.15, 0.2) is 47.2 Å². The third kappa shape index (κ3) is 3.00. The average molecular weight is 306 g/mol. The Kier molecular flexibility index (Phi) is 3.63. The van der Waals surface area contributed by atoms with Crippen molar-refractivity contribution in [2.24, 2.45) is 0 Å². The van der Waals surface area contributed by atoms with Crippen molar-refractivity contribution >= 4 is 0 Å². The van der Waals surface area contributed by atoms with Crippen molar-refractivity contribution < 1.29 is 4.42 Å². The zero-order valence-electron chi connectivity index (χ0n) is 13.1. The first-order valence-corrected chi connectivity index (χ1v) is 7.81. The number of rotatable bonds is 3. The lowest BCUT2D eigenvalue weighted by Crippen LogP contribution is -2.31. The van der Waals surface area contributed by atoms with Gasteiger partial charge < -0.3 is 4.42 Å². The van der Waals surface area contributed by atoms with Crippen molar-refractivity contribution in [2.45, 2.75) is 26.4 Å². The minimum atomic E-state index is 0.669. The Bertz CT molecular complexity index is 814. The number of hydrogen-bond donors (Lipinski definition) is 0.